The van der Waals surface area contributed by atoms with Crippen LogP contribution in [0.4, 0.5) is 5.69 Å². The van der Waals surface area contributed by atoms with Gasteiger partial charge in [-0.15, -0.1) is 0 Å². The highest BCUT2D eigenvalue weighted by molar-refractivity contribution is 9.10. The number of nitrogens with zero attached hydrogens (tertiary/aromatic N) is 4. The maximum Gasteiger partial charge on any atom is 0.288 e. The van der Waals surface area contributed by atoms with Crippen molar-refractivity contribution in [1.82, 2.24) is 14.8 Å². The molecule has 0 fully saturated rings. The summed E-state index contributed by atoms with van der Waals surface area (Å²) in [6.07, 6.45) is 1.22. The summed E-state index contributed by atoms with van der Waals surface area (Å²) in [5, 5.41) is 15.2. The topological polar surface area (TPSA) is 73.8 Å². The third-order valence-corrected chi connectivity index (χ3v) is 2.42. The van der Waals surface area contributed by atoms with Gasteiger partial charge in [-0.3, -0.25) is 10.1 Å². The Morgan fingerprint density at radius 3 is 3.00 bits per heavy atom. The molecule has 2 aromatic heterocycles. The highest BCUT2D eigenvalue weighted by Crippen LogP contribution is 2.24. The third kappa shape index (κ3) is 1.25. The molecule has 2 heterocycles. The molecule has 6 nitrogen and oxygen atoms in total. The second-order valence-corrected chi connectivity index (χ2v) is 3.49. The van der Waals surface area contributed by atoms with Gasteiger partial charge in [0.25, 0.3) is 5.69 Å². The Bertz CT molecular complexity index is 522. The summed E-state index contributed by atoms with van der Waals surface area (Å²) < 4.78 is 2.12. The number of pyridine rings is 1. The Morgan fingerprint density at radius 1 is 1.64 bits per heavy atom. The summed E-state index contributed by atoms with van der Waals surface area (Å²) in [7, 11) is 1.73. The van der Waals surface area contributed by atoms with Crippen LogP contribution in [-0.2, 0) is 7.05 Å². The largest absolute Gasteiger partial charge is 0.288 e. The van der Waals surface area contributed by atoms with Crippen molar-refractivity contribution in [3.8, 4) is 0 Å². The SMILES string of the molecule is Cn1nc(Br)c2cc([N+](=O)[O-])cnc21. The Labute approximate surface area is 86.8 Å². The van der Waals surface area contributed by atoms with E-state index in [2.05, 4.69) is 26.0 Å². The van der Waals surface area contributed by atoms with Crippen LogP contribution in [0, 0.1) is 10.1 Å². The fraction of sp³-hybridized carbons (Fsp3) is 0.143. The van der Waals surface area contributed by atoms with E-state index in [9.17, 15) is 10.1 Å². The molecule has 14 heavy (non-hydrogen) atoms. The van der Waals surface area contributed by atoms with Gasteiger partial charge in [0.05, 0.1) is 10.3 Å². The zero-order chi connectivity index (χ0) is 10.3. The number of hydrogen-bond acceptors (Lipinski definition) is 4. The maximum absolute atomic E-state index is 10.5. The molecule has 0 aliphatic heterocycles. The quantitative estimate of drug-likeness (QED) is 0.574. The summed E-state index contributed by atoms with van der Waals surface area (Å²) in [6.45, 7) is 0. The van der Waals surface area contributed by atoms with Crippen molar-refractivity contribution in [3.05, 3.63) is 27.0 Å². The lowest BCUT2D eigenvalue weighted by Gasteiger charge is -1.92. The number of hydrogen-bond donors (Lipinski definition) is 0. The van der Waals surface area contributed by atoms with Crippen LogP contribution in [0.25, 0.3) is 11.0 Å². The number of rotatable bonds is 1. The van der Waals surface area contributed by atoms with Gasteiger partial charge in [0.2, 0.25) is 0 Å². The average molecular weight is 257 g/mol. The normalized spacial score (nSPS) is 10.7. The van der Waals surface area contributed by atoms with E-state index in [-0.39, 0.29) is 5.69 Å². The molecule has 0 radical (unpaired) electrons. The molecule has 7 heteroatoms. The van der Waals surface area contributed by atoms with Crippen molar-refractivity contribution in [2.24, 2.45) is 7.05 Å². The first-order valence-electron chi connectivity index (χ1n) is 3.72. The highest BCUT2D eigenvalue weighted by atomic mass is 79.9. The first kappa shape index (κ1) is 9.07. The molecule has 72 valence electrons. The van der Waals surface area contributed by atoms with Gasteiger partial charge in [-0.25, -0.2) is 9.67 Å². The van der Waals surface area contributed by atoms with Crippen LogP contribution in [-0.4, -0.2) is 19.7 Å². The maximum atomic E-state index is 10.5. The fourth-order valence-corrected chi connectivity index (χ4v) is 1.72. The monoisotopic (exact) mass is 256 g/mol. The van der Waals surface area contributed by atoms with Crippen LogP contribution in [0.15, 0.2) is 16.9 Å². The molecule has 0 aliphatic carbocycles. The average Bonchev–Trinajstić information content (AvgIpc) is 2.42. The van der Waals surface area contributed by atoms with E-state index in [1.54, 1.807) is 11.7 Å². The van der Waals surface area contributed by atoms with Crippen molar-refractivity contribution in [1.29, 1.82) is 0 Å². The molecule has 0 saturated heterocycles. The molecule has 0 spiro atoms. The number of fused-ring (bicyclic) bond motifs is 1. The van der Waals surface area contributed by atoms with E-state index in [0.717, 1.165) is 0 Å². The number of halogens is 1. The van der Waals surface area contributed by atoms with E-state index >= 15 is 0 Å². The van der Waals surface area contributed by atoms with Crippen molar-refractivity contribution in [2.75, 3.05) is 0 Å². The van der Waals surface area contributed by atoms with Crippen LogP contribution in [0.2, 0.25) is 0 Å². The minimum Gasteiger partial charge on any atom is -0.258 e. The molecule has 0 bridgehead atoms. The summed E-state index contributed by atoms with van der Waals surface area (Å²) in [5.41, 5.74) is 0.577. The summed E-state index contributed by atoms with van der Waals surface area (Å²) in [4.78, 5) is 14.0. The number of aryl methyl sites for hydroxylation is 1. The zero-order valence-electron chi connectivity index (χ0n) is 7.14. The smallest absolute Gasteiger partial charge is 0.258 e. The first-order chi connectivity index (χ1) is 6.59. The highest BCUT2D eigenvalue weighted by Gasteiger charge is 2.12. The number of aromatic nitrogens is 3. The van der Waals surface area contributed by atoms with Gasteiger partial charge >= 0.3 is 0 Å². The van der Waals surface area contributed by atoms with E-state index in [4.69, 9.17) is 0 Å². The molecule has 0 aromatic carbocycles. The van der Waals surface area contributed by atoms with Gasteiger partial charge in [0.1, 0.15) is 10.8 Å². The molecule has 2 aromatic rings. The summed E-state index contributed by atoms with van der Waals surface area (Å²) in [6, 6.07) is 1.44. The first-order valence-corrected chi connectivity index (χ1v) is 4.51. The van der Waals surface area contributed by atoms with E-state index in [0.29, 0.717) is 15.6 Å². The zero-order valence-corrected chi connectivity index (χ0v) is 8.72. The predicted octanol–water partition coefficient (Wildman–Crippen LogP) is 1.64. The molecule has 0 saturated carbocycles. The summed E-state index contributed by atoms with van der Waals surface area (Å²) >= 11 is 3.21. The minimum absolute atomic E-state index is 0.0359. The van der Waals surface area contributed by atoms with E-state index < -0.39 is 4.92 Å². The lowest BCUT2D eigenvalue weighted by Crippen LogP contribution is -1.93. The molecule has 2 rings (SSSR count). The third-order valence-electron chi connectivity index (χ3n) is 1.83. The molecular weight excluding hydrogens is 252 g/mol. The molecule has 0 aliphatic rings. The van der Waals surface area contributed by atoms with Crippen LogP contribution >= 0.6 is 15.9 Å². The summed E-state index contributed by atoms with van der Waals surface area (Å²) in [5.74, 6) is 0. The Hall–Kier alpha value is -1.50. The van der Waals surface area contributed by atoms with Crippen LogP contribution in [0.5, 0.6) is 0 Å². The van der Waals surface area contributed by atoms with E-state index in [1.165, 1.54) is 12.3 Å². The van der Waals surface area contributed by atoms with Gasteiger partial charge in [0, 0.05) is 13.1 Å². The molecule has 0 N–H and O–H groups in total. The molecule has 0 atom stereocenters. The lowest BCUT2D eigenvalue weighted by molar-refractivity contribution is -0.385. The van der Waals surface area contributed by atoms with Crippen LogP contribution in [0.1, 0.15) is 0 Å². The van der Waals surface area contributed by atoms with Gasteiger partial charge in [-0.1, -0.05) is 0 Å². The Morgan fingerprint density at radius 2 is 2.36 bits per heavy atom. The second kappa shape index (κ2) is 3.02. The minimum atomic E-state index is -0.480. The molecular formula is C7H5BrN4O2. The van der Waals surface area contributed by atoms with Gasteiger partial charge in [0.15, 0.2) is 5.65 Å². The van der Waals surface area contributed by atoms with Crippen molar-refractivity contribution < 1.29 is 4.92 Å². The lowest BCUT2D eigenvalue weighted by atomic mass is 10.3. The molecule has 0 unspecified atom stereocenters. The van der Waals surface area contributed by atoms with E-state index in [1.807, 2.05) is 0 Å². The second-order valence-electron chi connectivity index (χ2n) is 2.74. The Balaban J connectivity index is 2.77. The molecule has 0 amide bonds. The van der Waals surface area contributed by atoms with Gasteiger partial charge in [-0.2, -0.15) is 5.10 Å². The Kier molecular flexibility index (Phi) is 1.95. The fourth-order valence-electron chi connectivity index (χ4n) is 1.19. The van der Waals surface area contributed by atoms with Crippen LogP contribution in [0.3, 0.4) is 0 Å². The standard InChI is InChI=1S/C7H5BrN4O2/c1-11-7-5(6(8)10-11)2-4(3-9-7)12(13)14/h2-3H,1H3. The van der Waals surface area contributed by atoms with Gasteiger partial charge < -0.3 is 0 Å². The van der Waals surface area contributed by atoms with Crippen molar-refractivity contribution >= 4 is 32.7 Å². The van der Waals surface area contributed by atoms with Gasteiger partial charge in [-0.05, 0) is 15.9 Å². The van der Waals surface area contributed by atoms with Crippen molar-refractivity contribution in [3.63, 3.8) is 0 Å². The number of nitro groups is 1. The predicted molar refractivity (Wildman–Crippen MR) is 52.9 cm³/mol. The van der Waals surface area contributed by atoms with Crippen molar-refractivity contribution in [2.45, 2.75) is 0 Å². The van der Waals surface area contributed by atoms with Crippen LogP contribution < -0.4 is 0 Å².